The Bertz CT molecular complexity index is 289. The summed E-state index contributed by atoms with van der Waals surface area (Å²) in [6.07, 6.45) is 0.575. The third-order valence-electron chi connectivity index (χ3n) is 1.54. The van der Waals surface area contributed by atoms with Gasteiger partial charge in [0, 0.05) is 17.9 Å². The maximum atomic E-state index is 12.5. The monoisotopic (exact) mass is 195 g/mol. The summed E-state index contributed by atoms with van der Waals surface area (Å²) in [4.78, 5) is 0. The normalized spacial score (nSPS) is 9.54. The van der Waals surface area contributed by atoms with Crippen molar-refractivity contribution in [2.45, 2.75) is 12.2 Å². The molecule has 1 aromatic rings. The van der Waals surface area contributed by atoms with Gasteiger partial charge in [-0.3, -0.25) is 0 Å². The number of halogens is 1. The first-order valence-electron chi connectivity index (χ1n) is 4.02. The fourth-order valence-electron chi connectivity index (χ4n) is 0.888. The van der Waals surface area contributed by atoms with Gasteiger partial charge in [-0.2, -0.15) is 17.0 Å². The van der Waals surface area contributed by atoms with Crippen molar-refractivity contribution < 1.29 is 4.39 Å². The molecule has 0 unspecified atom stereocenters. The van der Waals surface area contributed by atoms with Gasteiger partial charge < -0.3 is 0 Å². The van der Waals surface area contributed by atoms with E-state index in [1.165, 1.54) is 12.1 Å². The van der Waals surface area contributed by atoms with Crippen LogP contribution in [0.15, 0.2) is 24.3 Å². The molecule has 0 aliphatic carbocycles. The smallest absolute Gasteiger partial charge is 0.123 e. The summed E-state index contributed by atoms with van der Waals surface area (Å²) in [6.45, 7) is 0. The van der Waals surface area contributed by atoms with Gasteiger partial charge in [0.2, 0.25) is 0 Å². The Morgan fingerprint density at radius 3 is 2.62 bits per heavy atom. The summed E-state index contributed by atoms with van der Waals surface area (Å²) in [7, 11) is 0. The fourth-order valence-corrected chi connectivity index (χ4v) is 1.70. The second-order valence-electron chi connectivity index (χ2n) is 2.59. The van der Waals surface area contributed by atoms with Crippen LogP contribution in [0.4, 0.5) is 4.39 Å². The van der Waals surface area contributed by atoms with Crippen LogP contribution in [0.1, 0.15) is 12.0 Å². The van der Waals surface area contributed by atoms with Crippen molar-refractivity contribution in [1.82, 2.24) is 0 Å². The quantitative estimate of drug-likeness (QED) is 0.690. The minimum Gasteiger partial charge on any atom is -0.207 e. The fraction of sp³-hybridized carbons (Fsp3) is 0.300. The van der Waals surface area contributed by atoms with Gasteiger partial charge >= 0.3 is 0 Å². The zero-order valence-electron chi connectivity index (χ0n) is 7.16. The zero-order chi connectivity index (χ0) is 9.52. The van der Waals surface area contributed by atoms with Crippen LogP contribution in [0.2, 0.25) is 0 Å². The maximum absolute atomic E-state index is 12.5. The van der Waals surface area contributed by atoms with Gasteiger partial charge in [-0.1, -0.05) is 12.1 Å². The predicted octanol–water partition coefficient (Wildman–Crippen LogP) is 2.97. The standard InChI is InChI=1S/C10H10FNS/c11-10-4-2-9(3-5-10)8-13-7-1-6-12/h2-5H,1,7-8H2. The zero-order valence-corrected chi connectivity index (χ0v) is 7.98. The molecule has 0 aromatic heterocycles. The van der Waals surface area contributed by atoms with Gasteiger partial charge in [-0.25, -0.2) is 4.39 Å². The third-order valence-corrected chi connectivity index (χ3v) is 2.57. The lowest BCUT2D eigenvalue weighted by atomic mass is 10.2. The first kappa shape index (κ1) is 10.1. The van der Waals surface area contributed by atoms with E-state index >= 15 is 0 Å². The molecule has 3 heteroatoms. The van der Waals surface area contributed by atoms with Crippen molar-refractivity contribution in [2.75, 3.05) is 5.75 Å². The van der Waals surface area contributed by atoms with E-state index in [2.05, 4.69) is 6.07 Å². The molecule has 1 nitrogen and oxygen atoms in total. The van der Waals surface area contributed by atoms with E-state index < -0.39 is 0 Å². The van der Waals surface area contributed by atoms with E-state index in [1.54, 1.807) is 23.9 Å². The van der Waals surface area contributed by atoms with E-state index in [1.807, 2.05) is 0 Å². The van der Waals surface area contributed by atoms with Crippen LogP contribution in [0, 0.1) is 17.1 Å². The Morgan fingerprint density at radius 2 is 2.00 bits per heavy atom. The minimum atomic E-state index is -0.203. The molecule has 68 valence electrons. The second kappa shape index (κ2) is 5.60. The van der Waals surface area contributed by atoms with E-state index in [0.29, 0.717) is 6.42 Å². The number of hydrogen-bond donors (Lipinski definition) is 0. The van der Waals surface area contributed by atoms with Crippen LogP contribution in [0.3, 0.4) is 0 Å². The maximum Gasteiger partial charge on any atom is 0.123 e. The molecule has 13 heavy (non-hydrogen) atoms. The molecule has 0 bridgehead atoms. The van der Waals surface area contributed by atoms with Gasteiger partial charge in [0.05, 0.1) is 6.07 Å². The highest BCUT2D eigenvalue weighted by Crippen LogP contribution is 2.13. The lowest BCUT2D eigenvalue weighted by Gasteiger charge is -1.98. The molecular weight excluding hydrogens is 185 g/mol. The second-order valence-corrected chi connectivity index (χ2v) is 3.69. The topological polar surface area (TPSA) is 23.8 Å². The first-order chi connectivity index (χ1) is 6.33. The molecule has 1 rings (SSSR count). The molecule has 0 spiro atoms. The Labute approximate surface area is 81.6 Å². The highest BCUT2D eigenvalue weighted by molar-refractivity contribution is 7.98. The number of hydrogen-bond acceptors (Lipinski definition) is 2. The van der Waals surface area contributed by atoms with Crippen molar-refractivity contribution in [2.24, 2.45) is 0 Å². The lowest BCUT2D eigenvalue weighted by Crippen LogP contribution is -1.83. The summed E-state index contributed by atoms with van der Waals surface area (Å²) in [6, 6.07) is 8.54. The highest BCUT2D eigenvalue weighted by atomic mass is 32.2. The molecule has 0 saturated heterocycles. The Kier molecular flexibility index (Phi) is 4.34. The van der Waals surface area contributed by atoms with E-state index in [9.17, 15) is 4.39 Å². The SMILES string of the molecule is N#CCCSCc1ccc(F)cc1. The van der Waals surface area contributed by atoms with Gasteiger partial charge in [0.15, 0.2) is 0 Å². The van der Waals surface area contributed by atoms with Crippen LogP contribution in [-0.2, 0) is 5.75 Å². The molecule has 0 N–H and O–H groups in total. The van der Waals surface area contributed by atoms with Crippen molar-refractivity contribution >= 4 is 11.8 Å². The molecule has 0 aliphatic rings. The lowest BCUT2D eigenvalue weighted by molar-refractivity contribution is 0.627. The summed E-state index contributed by atoms with van der Waals surface area (Å²) in [5.41, 5.74) is 1.10. The van der Waals surface area contributed by atoms with Gasteiger partial charge in [0.25, 0.3) is 0 Å². The highest BCUT2D eigenvalue weighted by Gasteiger charge is 1.93. The molecule has 1 aromatic carbocycles. The summed E-state index contributed by atoms with van der Waals surface area (Å²) in [5, 5.41) is 8.29. The Morgan fingerprint density at radius 1 is 1.31 bits per heavy atom. The van der Waals surface area contributed by atoms with Crippen LogP contribution < -0.4 is 0 Å². The Hall–Kier alpha value is -1.01. The van der Waals surface area contributed by atoms with E-state index in [4.69, 9.17) is 5.26 Å². The van der Waals surface area contributed by atoms with Gasteiger partial charge in [-0.05, 0) is 17.7 Å². The number of benzene rings is 1. The molecular formula is C10H10FNS. The molecule has 0 radical (unpaired) electrons. The van der Waals surface area contributed by atoms with E-state index in [-0.39, 0.29) is 5.82 Å². The number of thioether (sulfide) groups is 1. The number of rotatable bonds is 4. The van der Waals surface area contributed by atoms with Crippen LogP contribution in [0.25, 0.3) is 0 Å². The average Bonchev–Trinajstić information content (AvgIpc) is 2.15. The summed E-state index contributed by atoms with van der Waals surface area (Å²) >= 11 is 1.69. The van der Waals surface area contributed by atoms with Crippen molar-refractivity contribution in [3.05, 3.63) is 35.6 Å². The van der Waals surface area contributed by atoms with Crippen LogP contribution in [-0.4, -0.2) is 5.75 Å². The van der Waals surface area contributed by atoms with Crippen molar-refractivity contribution in [3.63, 3.8) is 0 Å². The summed E-state index contributed by atoms with van der Waals surface area (Å²) < 4.78 is 12.5. The van der Waals surface area contributed by atoms with Crippen molar-refractivity contribution in [3.8, 4) is 6.07 Å². The predicted molar refractivity (Wildman–Crippen MR) is 52.8 cm³/mol. The van der Waals surface area contributed by atoms with Crippen molar-refractivity contribution in [1.29, 1.82) is 5.26 Å². The largest absolute Gasteiger partial charge is 0.207 e. The molecule has 0 atom stereocenters. The minimum absolute atomic E-state index is 0.203. The van der Waals surface area contributed by atoms with E-state index in [0.717, 1.165) is 17.1 Å². The third kappa shape index (κ3) is 3.95. The molecule has 0 amide bonds. The summed E-state index contributed by atoms with van der Waals surface area (Å²) in [5.74, 6) is 1.49. The Balaban J connectivity index is 2.30. The molecule has 0 saturated carbocycles. The first-order valence-corrected chi connectivity index (χ1v) is 5.17. The molecule has 0 heterocycles. The average molecular weight is 195 g/mol. The molecule has 0 fully saturated rings. The number of nitriles is 1. The van der Waals surface area contributed by atoms with Gasteiger partial charge in [-0.15, -0.1) is 0 Å². The van der Waals surface area contributed by atoms with Gasteiger partial charge in [0.1, 0.15) is 5.82 Å². The molecule has 0 aliphatic heterocycles. The van der Waals surface area contributed by atoms with Crippen LogP contribution >= 0.6 is 11.8 Å². The number of nitrogens with zero attached hydrogens (tertiary/aromatic N) is 1. The van der Waals surface area contributed by atoms with Crippen LogP contribution in [0.5, 0.6) is 0 Å².